The van der Waals surface area contributed by atoms with Crippen molar-refractivity contribution in [2.24, 2.45) is 5.92 Å². The summed E-state index contributed by atoms with van der Waals surface area (Å²) in [5.41, 5.74) is 0.215. The van der Waals surface area contributed by atoms with Crippen LogP contribution < -0.4 is 10.1 Å². The molecular weight excluding hydrogens is 318 g/mol. The Morgan fingerprint density at radius 1 is 1.12 bits per heavy atom. The van der Waals surface area contributed by atoms with Crippen molar-refractivity contribution < 1.29 is 19.1 Å². The zero-order valence-corrected chi connectivity index (χ0v) is 15.2. The lowest BCUT2D eigenvalue weighted by atomic mass is 9.89. The van der Waals surface area contributed by atoms with E-state index in [4.69, 9.17) is 9.47 Å². The molecule has 0 aromatic heterocycles. The molecule has 0 radical (unpaired) electrons. The quantitative estimate of drug-likeness (QED) is 0.773. The van der Waals surface area contributed by atoms with Crippen molar-refractivity contribution in [1.82, 2.24) is 5.32 Å². The van der Waals surface area contributed by atoms with E-state index < -0.39 is 5.72 Å². The predicted octanol–water partition coefficient (Wildman–Crippen LogP) is 3.03. The molecule has 0 heterocycles. The fraction of sp³-hybridized carbons (Fsp3) is 0.400. The highest BCUT2D eigenvalue weighted by atomic mass is 16.5. The van der Waals surface area contributed by atoms with E-state index in [2.05, 4.69) is 5.32 Å². The minimum Gasteiger partial charge on any atom is -0.484 e. The first-order valence-corrected chi connectivity index (χ1v) is 8.38. The number of amides is 1. The highest BCUT2D eigenvalue weighted by Gasteiger charge is 2.39. The summed E-state index contributed by atoms with van der Waals surface area (Å²) in [5, 5.41) is 2.90. The average molecular weight is 343 g/mol. The second kappa shape index (κ2) is 8.12. The van der Waals surface area contributed by atoms with Crippen LogP contribution in [0.15, 0.2) is 53.6 Å². The van der Waals surface area contributed by atoms with Gasteiger partial charge in [0.2, 0.25) is 0 Å². The van der Waals surface area contributed by atoms with Gasteiger partial charge in [0.1, 0.15) is 5.75 Å². The highest BCUT2D eigenvalue weighted by molar-refractivity contribution is 6.02. The van der Waals surface area contributed by atoms with Gasteiger partial charge in [0.15, 0.2) is 18.1 Å². The topological polar surface area (TPSA) is 64.6 Å². The molecule has 0 spiro atoms. The van der Waals surface area contributed by atoms with Crippen LogP contribution in [0, 0.1) is 5.92 Å². The molecule has 0 bridgehead atoms. The summed E-state index contributed by atoms with van der Waals surface area (Å²) < 4.78 is 11.5. The third-order valence-electron chi connectivity index (χ3n) is 3.89. The summed E-state index contributed by atoms with van der Waals surface area (Å²) in [6.07, 6.45) is 2.98. The predicted molar refractivity (Wildman–Crippen MR) is 96.1 cm³/mol. The maximum absolute atomic E-state index is 12.5. The van der Waals surface area contributed by atoms with Crippen LogP contribution in [0.25, 0.3) is 0 Å². The molecule has 2 rings (SSSR count). The van der Waals surface area contributed by atoms with Gasteiger partial charge in [-0.3, -0.25) is 9.59 Å². The molecule has 1 aromatic carbocycles. The molecular formula is C20H25NO4. The van der Waals surface area contributed by atoms with E-state index in [1.807, 2.05) is 32.0 Å². The van der Waals surface area contributed by atoms with Crippen molar-refractivity contribution in [3.8, 4) is 5.75 Å². The van der Waals surface area contributed by atoms with Crippen molar-refractivity contribution in [2.45, 2.75) is 33.4 Å². The third kappa shape index (κ3) is 4.79. The first-order valence-electron chi connectivity index (χ1n) is 8.38. The minimum absolute atomic E-state index is 0.103. The molecule has 1 aliphatic rings. The molecule has 134 valence electrons. The van der Waals surface area contributed by atoms with E-state index in [1.54, 1.807) is 26.0 Å². The van der Waals surface area contributed by atoms with E-state index in [0.717, 1.165) is 0 Å². The largest absolute Gasteiger partial charge is 0.484 e. The normalized spacial score (nSPS) is 16.3. The Balaban J connectivity index is 2.13. The molecule has 0 aliphatic heterocycles. The van der Waals surface area contributed by atoms with Crippen LogP contribution >= 0.6 is 0 Å². The van der Waals surface area contributed by atoms with E-state index in [9.17, 15) is 9.59 Å². The molecule has 0 saturated heterocycles. The fourth-order valence-electron chi connectivity index (χ4n) is 2.63. The van der Waals surface area contributed by atoms with Gasteiger partial charge in [0.05, 0.1) is 6.61 Å². The van der Waals surface area contributed by atoms with E-state index in [-0.39, 0.29) is 24.2 Å². The molecule has 5 nitrogen and oxygen atoms in total. The van der Waals surface area contributed by atoms with Crippen LogP contribution in [-0.2, 0) is 14.3 Å². The number of ketones is 1. The molecule has 1 amide bonds. The van der Waals surface area contributed by atoms with Gasteiger partial charge in [-0.15, -0.1) is 0 Å². The molecule has 5 heteroatoms. The van der Waals surface area contributed by atoms with Crippen LogP contribution in [0.3, 0.4) is 0 Å². The van der Waals surface area contributed by atoms with Crippen LogP contribution in [0.1, 0.15) is 27.7 Å². The molecule has 0 fully saturated rings. The third-order valence-corrected chi connectivity index (χ3v) is 3.89. The van der Waals surface area contributed by atoms with Crippen molar-refractivity contribution in [3.05, 3.63) is 53.6 Å². The zero-order chi connectivity index (χ0) is 18.4. The highest BCUT2D eigenvalue weighted by Crippen LogP contribution is 2.31. The van der Waals surface area contributed by atoms with E-state index >= 15 is 0 Å². The van der Waals surface area contributed by atoms with E-state index in [0.29, 0.717) is 23.5 Å². The smallest absolute Gasteiger partial charge is 0.260 e. The van der Waals surface area contributed by atoms with Crippen molar-refractivity contribution in [1.29, 1.82) is 0 Å². The summed E-state index contributed by atoms with van der Waals surface area (Å²) in [7, 11) is 0. The number of hydrogen-bond acceptors (Lipinski definition) is 4. The Hall–Kier alpha value is -2.40. The first kappa shape index (κ1) is 18.9. The van der Waals surface area contributed by atoms with Crippen LogP contribution in [0.4, 0.5) is 0 Å². The minimum atomic E-state index is -1.10. The molecule has 0 atom stereocenters. The Morgan fingerprint density at radius 2 is 1.72 bits per heavy atom. The lowest BCUT2D eigenvalue weighted by Gasteiger charge is -2.38. The summed E-state index contributed by atoms with van der Waals surface area (Å²) >= 11 is 0. The summed E-state index contributed by atoms with van der Waals surface area (Å²) in [6.45, 7) is 7.94. The van der Waals surface area contributed by atoms with Crippen molar-refractivity contribution in [2.75, 3.05) is 13.2 Å². The second-order valence-electron chi connectivity index (χ2n) is 6.59. The standard InChI is InChI=1S/C20H25NO4/c1-14(2)12-25-20(15(3)10-17(22)11-16(20)4)21-19(23)13-24-18-8-6-5-7-9-18/h5-11,14H,12-13H2,1-4H3,(H,21,23). The van der Waals surface area contributed by atoms with Gasteiger partial charge < -0.3 is 14.8 Å². The number of ether oxygens (including phenoxy) is 2. The molecule has 1 aliphatic carbocycles. The molecule has 25 heavy (non-hydrogen) atoms. The summed E-state index contributed by atoms with van der Waals surface area (Å²) in [6, 6.07) is 9.13. The molecule has 1 aromatic rings. The van der Waals surface area contributed by atoms with E-state index in [1.165, 1.54) is 12.2 Å². The lowest BCUT2D eigenvalue weighted by Crippen LogP contribution is -2.55. The number of benzene rings is 1. The number of carbonyl (C=O) groups is 2. The van der Waals surface area contributed by atoms with Gasteiger partial charge in [-0.25, -0.2) is 0 Å². The maximum Gasteiger partial charge on any atom is 0.260 e. The maximum atomic E-state index is 12.5. The van der Waals surface area contributed by atoms with Gasteiger partial charge >= 0.3 is 0 Å². The Bertz CT molecular complexity index is 667. The van der Waals surface area contributed by atoms with Gasteiger partial charge in [0.25, 0.3) is 5.91 Å². The van der Waals surface area contributed by atoms with Gasteiger partial charge in [-0.05, 0) is 55.2 Å². The van der Waals surface area contributed by atoms with Gasteiger partial charge in [-0.2, -0.15) is 0 Å². The summed E-state index contributed by atoms with van der Waals surface area (Å²) in [4.78, 5) is 24.2. The Morgan fingerprint density at radius 3 is 2.28 bits per heavy atom. The van der Waals surface area contributed by atoms with Crippen LogP contribution in [0.2, 0.25) is 0 Å². The lowest BCUT2D eigenvalue weighted by molar-refractivity contribution is -0.131. The Labute approximate surface area is 148 Å². The average Bonchev–Trinajstić information content (AvgIpc) is 2.56. The second-order valence-corrected chi connectivity index (χ2v) is 6.59. The number of carbonyl (C=O) groups excluding carboxylic acids is 2. The number of rotatable bonds is 7. The number of nitrogens with one attached hydrogen (secondary N) is 1. The monoisotopic (exact) mass is 343 g/mol. The summed E-state index contributed by atoms with van der Waals surface area (Å²) in [5.74, 6) is 0.483. The number of para-hydroxylation sites is 1. The molecule has 0 unspecified atom stereocenters. The molecule has 0 saturated carbocycles. The van der Waals surface area contributed by atoms with Crippen molar-refractivity contribution in [3.63, 3.8) is 0 Å². The van der Waals surface area contributed by atoms with Gasteiger partial charge in [0, 0.05) is 0 Å². The first-order chi connectivity index (χ1) is 11.8. The van der Waals surface area contributed by atoms with Crippen LogP contribution in [0.5, 0.6) is 5.75 Å². The number of hydrogen-bond donors (Lipinski definition) is 1. The fourth-order valence-corrected chi connectivity index (χ4v) is 2.63. The SMILES string of the molecule is CC1=CC(=O)C=C(C)C1(NC(=O)COc1ccccc1)OCC(C)C. The van der Waals surface area contributed by atoms with Crippen molar-refractivity contribution >= 4 is 11.7 Å². The number of allylic oxidation sites excluding steroid dienone is 2. The zero-order valence-electron chi connectivity index (χ0n) is 15.2. The Kier molecular flexibility index (Phi) is 6.15. The van der Waals surface area contributed by atoms with Gasteiger partial charge in [-0.1, -0.05) is 32.0 Å². The molecule has 1 N–H and O–H groups in total. The van der Waals surface area contributed by atoms with Crippen LogP contribution in [-0.4, -0.2) is 30.6 Å².